The Kier molecular flexibility index (Phi) is 7.28. The number of carbonyl (C=O) groups is 1. The molecule has 1 amide bonds. The van der Waals surface area contributed by atoms with Crippen molar-refractivity contribution in [2.45, 2.75) is 9.79 Å². The van der Waals surface area contributed by atoms with Gasteiger partial charge in [-0.05, 0) is 48.5 Å². The van der Waals surface area contributed by atoms with E-state index >= 15 is 0 Å². The maximum Gasteiger partial charge on any atom is 0.257 e. The van der Waals surface area contributed by atoms with Crippen LogP contribution in [0.1, 0.15) is 10.4 Å². The van der Waals surface area contributed by atoms with Crippen LogP contribution in [-0.2, 0) is 19.7 Å². The topological polar surface area (TPSA) is 122 Å². The molecule has 0 spiro atoms. The van der Waals surface area contributed by atoms with Crippen molar-refractivity contribution in [2.24, 2.45) is 0 Å². The molecule has 0 bridgehead atoms. The van der Waals surface area contributed by atoms with E-state index in [0.717, 1.165) is 6.20 Å². The van der Waals surface area contributed by atoms with E-state index in [-0.39, 0.29) is 27.1 Å². The van der Waals surface area contributed by atoms with E-state index in [0.29, 0.717) is 5.69 Å². The Morgan fingerprint density at radius 3 is 1.64 bits per heavy atom. The summed E-state index contributed by atoms with van der Waals surface area (Å²) >= 11 is 0. The molecule has 36 heavy (non-hydrogen) atoms. The van der Waals surface area contributed by atoms with Crippen molar-refractivity contribution in [3.05, 3.63) is 125 Å². The highest BCUT2D eigenvalue weighted by atomic mass is 32.3. The summed E-state index contributed by atoms with van der Waals surface area (Å²) in [6.45, 7) is 0. The molecule has 0 fully saturated rings. The monoisotopic (exact) mass is 519 g/mol. The van der Waals surface area contributed by atoms with E-state index in [1.165, 1.54) is 66.9 Å². The van der Waals surface area contributed by atoms with Crippen molar-refractivity contribution in [1.29, 1.82) is 0 Å². The molecule has 10 heteroatoms. The minimum Gasteiger partial charge on any atom is -0.345 e. The number of aromatic nitrogens is 1. The largest absolute Gasteiger partial charge is 0.345 e. The van der Waals surface area contributed by atoms with E-state index in [9.17, 15) is 21.6 Å². The van der Waals surface area contributed by atoms with Crippen molar-refractivity contribution in [3.63, 3.8) is 0 Å². The normalized spacial score (nSPS) is 11.3. The predicted octanol–water partition coefficient (Wildman–Crippen LogP) is 4.49. The molecule has 3 aromatic carbocycles. The summed E-state index contributed by atoms with van der Waals surface area (Å²) in [5.74, 6) is -0.231. The van der Waals surface area contributed by atoms with Gasteiger partial charge in [-0.2, -0.15) is 0 Å². The molecule has 4 rings (SSSR count). The number of pyridine rings is 1. The van der Waals surface area contributed by atoms with Gasteiger partial charge in [-0.25, -0.2) is 21.8 Å². The number of hydrogen-bond acceptors (Lipinski definition) is 7. The molecule has 0 aliphatic carbocycles. The quantitative estimate of drug-likeness (QED) is 0.352. The SMILES string of the molecule is O=C(Nc1ccccc1)c1ccc(NC=C(S(=O)(=O)c2ccccc2)S(=O)(=O)c2ccccc2)nc1. The molecule has 8 nitrogen and oxygen atoms in total. The first-order valence-electron chi connectivity index (χ1n) is 10.7. The van der Waals surface area contributed by atoms with Crippen molar-refractivity contribution in [1.82, 2.24) is 4.98 Å². The minimum absolute atomic E-state index is 0.148. The minimum atomic E-state index is -4.41. The van der Waals surface area contributed by atoms with Crippen molar-refractivity contribution in [2.75, 3.05) is 10.6 Å². The maximum absolute atomic E-state index is 13.3. The summed E-state index contributed by atoms with van der Waals surface area (Å²) < 4.78 is 52.5. The third kappa shape index (κ3) is 5.51. The maximum atomic E-state index is 13.3. The lowest BCUT2D eigenvalue weighted by Crippen LogP contribution is -2.17. The number of para-hydroxylation sites is 1. The van der Waals surface area contributed by atoms with Gasteiger partial charge < -0.3 is 10.6 Å². The van der Waals surface area contributed by atoms with Gasteiger partial charge in [0.05, 0.1) is 15.4 Å². The summed E-state index contributed by atoms with van der Waals surface area (Å²) in [6, 6.07) is 26.4. The summed E-state index contributed by atoms with van der Waals surface area (Å²) in [7, 11) is -8.83. The van der Waals surface area contributed by atoms with Crippen LogP contribution in [-0.4, -0.2) is 27.7 Å². The van der Waals surface area contributed by atoms with Gasteiger partial charge >= 0.3 is 0 Å². The number of nitrogens with one attached hydrogen (secondary N) is 2. The van der Waals surface area contributed by atoms with Gasteiger partial charge in [0.2, 0.25) is 19.7 Å². The lowest BCUT2D eigenvalue weighted by Gasteiger charge is -2.12. The van der Waals surface area contributed by atoms with Crippen molar-refractivity contribution < 1.29 is 21.6 Å². The van der Waals surface area contributed by atoms with Crippen LogP contribution in [0.4, 0.5) is 11.5 Å². The fraction of sp³-hybridized carbons (Fsp3) is 0. The molecule has 0 atom stereocenters. The van der Waals surface area contributed by atoms with E-state index in [1.54, 1.807) is 36.4 Å². The van der Waals surface area contributed by atoms with Crippen LogP contribution >= 0.6 is 0 Å². The van der Waals surface area contributed by atoms with Crippen LogP contribution in [0.3, 0.4) is 0 Å². The molecule has 0 radical (unpaired) electrons. The summed E-state index contributed by atoms with van der Waals surface area (Å²) in [5.41, 5.74) is 0.886. The Morgan fingerprint density at radius 2 is 1.17 bits per heavy atom. The van der Waals surface area contributed by atoms with Crippen LogP contribution < -0.4 is 10.6 Å². The van der Waals surface area contributed by atoms with Crippen molar-refractivity contribution >= 4 is 37.1 Å². The predicted molar refractivity (Wildman–Crippen MR) is 138 cm³/mol. The average Bonchev–Trinajstić information content (AvgIpc) is 2.90. The second-order valence-electron chi connectivity index (χ2n) is 7.49. The Morgan fingerprint density at radius 1 is 0.667 bits per heavy atom. The number of rotatable bonds is 8. The molecule has 0 aliphatic rings. The number of amides is 1. The van der Waals surface area contributed by atoms with Crippen LogP contribution in [0.25, 0.3) is 0 Å². The van der Waals surface area contributed by atoms with Crippen LogP contribution in [0.2, 0.25) is 0 Å². The first-order chi connectivity index (χ1) is 17.3. The van der Waals surface area contributed by atoms with Gasteiger partial charge in [-0.1, -0.05) is 54.6 Å². The van der Waals surface area contributed by atoms with E-state index in [4.69, 9.17) is 0 Å². The molecule has 4 aromatic rings. The zero-order valence-corrected chi connectivity index (χ0v) is 20.4. The number of sulfone groups is 2. The molecular formula is C26H21N3O5S2. The Balaban J connectivity index is 1.64. The smallest absolute Gasteiger partial charge is 0.257 e. The second kappa shape index (κ2) is 10.5. The number of nitrogens with zero attached hydrogens (tertiary/aromatic N) is 1. The molecule has 0 saturated carbocycles. The highest BCUT2D eigenvalue weighted by Crippen LogP contribution is 2.29. The Hall–Kier alpha value is -4.28. The lowest BCUT2D eigenvalue weighted by molar-refractivity contribution is 0.102. The zero-order valence-electron chi connectivity index (χ0n) is 18.8. The summed E-state index contributed by atoms with van der Waals surface area (Å²) in [4.78, 5) is 16.2. The van der Waals surface area contributed by atoms with Gasteiger partial charge in [-0.3, -0.25) is 4.79 Å². The van der Waals surface area contributed by atoms with Crippen molar-refractivity contribution in [3.8, 4) is 0 Å². The lowest BCUT2D eigenvalue weighted by atomic mass is 10.2. The Bertz CT molecular complexity index is 1520. The third-order valence-electron chi connectivity index (χ3n) is 5.03. The number of benzene rings is 3. The number of anilines is 2. The van der Waals surface area contributed by atoms with Gasteiger partial charge in [0.1, 0.15) is 5.82 Å². The standard InChI is InChI=1S/C26H21N3O5S2/c30-26(29-21-10-4-1-5-11-21)20-16-17-24(27-18-20)28-19-25(35(31,32)22-12-6-2-7-13-22)36(33,34)23-14-8-3-9-15-23/h1-19H,(H,27,28)(H,29,30). The molecule has 0 aliphatic heterocycles. The third-order valence-corrected chi connectivity index (χ3v) is 9.43. The first-order valence-corrected chi connectivity index (χ1v) is 13.6. The van der Waals surface area contributed by atoms with Gasteiger partial charge in [0.15, 0.2) is 4.24 Å². The molecule has 1 heterocycles. The molecule has 0 unspecified atom stereocenters. The first kappa shape index (κ1) is 24.8. The van der Waals surface area contributed by atoms with E-state index in [2.05, 4.69) is 15.6 Å². The fourth-order valence-corrected chi connectivity index (χ4v) is 6.86. The second-order valence-corrected chi connectivity index (χ2v) is 11.6. The Labute approximate surface area is 209 Å². The number of carbonyl (C=O) groups excluding carboxylic acids is 1. The number of hydrogen-bond donors (Lipinski definition) is 2. The molecule has 182 valence electrons. The fourth-order valence-electron chi connectivity index (χ4n) is 3.20. The summed E-state index contributed by atoms with van der Waals surface area (Å²) in [6.07, 6.45) is 2.20. The molecular weight excluding hydrogens is 498 g/mol. The molecule has 2 N–H and O–H groups in total. The van der Waals surface area contributed by atoms with Crippen LogP contribution in [0, 0.1) is 0 Å². The highest BCUT2D eigenvalue weighted by molar-refractivity contribution is 8.14. The van der Waals surface area contributed by atoms with Crippen LogP contribution in [0.5, 0.6) is 0 Å². The van der Waals surface area contributed by atoms with Crippen LogP contribution in [0.15, 0.2) is 130 Å². The zero-order chi connectivity index (χ0) is 25.6. The highest BCUT2D eigenvalue weighted by Gasteiger charge is 2.33. The molecule has 0 saturated heterocycles. The van der Waals surface area contributed by atoms with Gasteiger partial charge in [0.25, 0.3) is 5.91 Å². The van der Waals surface area contributed by atoms with Gasteiger partial charge in [-0.15, -0.1) is 0 Å². The van der Waals surface area contributed by atoms with E-state index < -0.39 is 23.9 Å². The van der Waals surface area contributed by atoms with Gasteiger partial charge in [0, 0.05) is 18.1 Å². The molecule has 1 aromatic heterocycles. The average molecular weight is 520 g/mol. The summed E-state index contributed by atoms with van der Waals surface area (Å²) in [5, 5.41) is 5.38. The van der Waals surface area contributed by atoms with E-state index in [1.807, 2.05) is 6.07 Å².